The largest absolute Gasteiger partial charge is 0.487 e. The number of thiophene rings is 1. The molecular formula is C31H31ClFN7OS. The number of hydrogen-bond donors (Lipinski definition) is 2. The van der Waals surface area contributed by atoms with Crippen molar-refractivity contribution >= 4 is 44.7 Å². The summed E-state index contributed by atoms with van der Waals surface area (Å²) in [5, 5.41) is 13.3. The van der Waals surface area contributed by atoms with Crippen molar-refractivity contribution in [2.75, 3.05) is 32.0 Å². The average molecular weight is 604 g/mol. The van der Waals surface area contributed by atoms with Gasteiger partial charge in [0.1, 0.15) is 35.1 Å². The van der Waals surface area contributed by atoms with Crippen LogP contribution in [0.1, 0.15) is 23.2 Å². The van der Waals surface area contributed by atoms with Crippen molar-refractivity contribution in [3.63, 3.8) is 0 Å². The lowest BCUT2D eigenvalue weighted by molar-refractivity contribution is 0.306. The highest BCUT2D eigenvalue weighted by Gasteiger charge is 2.27. The van der Waals surface area contributed by atoms with Gasteiger partial charge in [0, 0.05) is 41.5 Å². The smallest absolute Gasteiger partial charge is 0.142 e. The molecule has 1 aliphatic carbocycles. The van der Waals surface area contributed by atoms with Crippen LogP contribution >= 0.6 is 22.9 Å². The lowest BCUT2D eigenvalue weighted by atomic mass is 9.95. The molecule has 4 heterocycles. The molecule has 216 valence electrons. The van der Waals surface area contributed by atoms with E-state index in [9.17, 15) is 4.39 Å². The number of nitrogens with zero attached hydrogens (tertiary/aromatic N) is 5. The molecule has 0 bridgehead atoms. The molecule has 0 saturated carbocycles. The molecule has 0 spiro atoms. The van der Waals surface area contributed by atoms with Gasteiger partial charge in [0.25, 0.3) is 0 Å². The van der Waals surface area contributed by atoms with Crippen molar-refractivity contribution in [3.05, 3.63) is 82.6 Å². The van der Waals surface area contributed by atoms with Crippen molar-refractivity contribution < 1.29 is 9.13 Å². The number of nitrogens with one attached hydrogen (secondary N) is 2. The van der Waals surface area contributed by atoms with Crippen LogP contribution in [0.2, 0.25) is 5.02 Å². The first-order valence-electron chi connectivity index (χ1n) is 14.2. The second kappa shape index (κ2) is 11.6. The van der Waals surface area contributed by atoms with Gasteiger partial charge in [-0.1, -0.05) is 23.7 Å². The van der Waals surface area contributed by atoms with Gasteiger partial charge < -0.3 is 15.4 Å². The summed E-state index contributed by atoms with van der Waals surface area (Å²) in [6, 6.07) is 12.5. The molecule has 2 aliphatic rings. The molecule has 0 amide bonds. The summed E-state index contributed by atoms with van der Waals surface area (Å²) in [5.74, 6) is 0.994. The zero-order chi connectivity index (χ0) is 28.6. The quantitative estimate of drug-likeness (QED) is 0.212. The number of aryl methyl sites for hydroxylation is 2. The Balaban J connectivity index is 1.09. The first-order valence-corrected chi connectivity index (χ1v) is 15.4. The minimum atomic E-state index is -0.292. The Kier molecular flexibility index (Phi) is 7.54. The Labute approximate surface area is 252 Å². The van der Waals surface area contributed by atoms with E-state index in [0.29, 0.717) is 16.8 Å². The first-order chi connectivity index (χ1) is 20.5. The van der Waals surface area contributed by atoms with E-state index >= 15 is 0 Å². The van der Waals surface area contributed by atoms with E-state index in [1.807, 2.05) is 31.3 Å². The number of rotatable bonds is 9. The minimum Gasteiger partial charge on any atom is -0.487 e. The number of likely N-dealkylation sites (tertiary alicyclic amines) is 1. The zero-order valence-corrected chi connectivity index (χ0v) is 24.8. The van der Waals surface area contributed by atoms with Crippen LogP contribution in [-0.4, -0.2) is 57.4 Å². The minimum absolute atomic E-state index is 0.228. The number of halogens is 2. The Morgan fingerprint density at radius 3 is 2.90 bits per heavy atom. The summed E-state index contributed by atoms with van der Waals surface area (Å²) in [5.41, 5.74) is 5.17. The predicted molar refractivity (Wildman–Crippen MR) is 165 cm³/mol. The fraction of sp³-hybridized carbons (Fsp3) is 0.323. The number of likely N-dealkylation sites (N-methyl/N-ethyl adjacent to an activating group) is 1. The van der Waals surface area contributed by atoms with Crippen LogP contribution < -0.4 is 15.4 Å². The Hall–Kier alpha value is -3.57. The highest BCUT2D eigenvalue weighted by atomic mass is 35.5. The number of benzene rings is 2. The van der Waals surface area contributed by atoms with Crippen LogP contribution in [0.25, 0.3) is 20.7 Å². The van der Waals surface area contributed by atoms with Crippen LogP contribution in [0.4, 0.5) is 15.9 Å². The number of anilines is 2. The van der Waals surface area contributed by atoms with E-state index in [2.05, 4.69) is 36.4 Å². The first kappa shape index (κ1) is 27.3. The molecule has 2 N–H and O–H groups in total. The second-order valence-corrected chi connectivity index (χ2v) is 12.2. The van der Waals surface area contributed by atoms with Crippen LogP contribution in [0.5, 0.6) is 5.75 Å². The number of hydrogen-bond acceptors (Lipinski definition) is 8. The number of fused-ring (bicyclic) bond motifs is 5. The SMILES string of the molecule is CNC1CCN(CCn2cc3c(n2)CCc2c-3sc3ncnc(Nc4ccc(OCc5cccc(F)c5)c(Cl)c4)c23)C1. The average Bonchev–Trinajstić information content (AvgIpc) is 3.72. The molecule has 1 atom stereocenters. The summed E-state index contributed by atoms with van der Waals surface area (Å²) in [6.07, 6.45) is 6.80. The van der Waals surface area contributed by atoms with Gasteiger partial charge in [-0.05, 0) is 74.3 Å². The maximum Gasteiger partial charge on any atom is 0.142 e. The fourth-order valence-corrected chi connectivity index (χ4v) is 7.33. The molecule has 3 aromatic heterocycles. The van der Waals surface area contributed by atoms with Crippen LogP contribution in [0.15, 0.2) is 55.0 Å². The van der Waals surface area contributed by atoms with E-state index in [4.69, 9.17) is 21.4 Å². The summed E-state index contributed by atoms with van der Waals surface area (Å²) >= 11 is 8.26. The lowest BCUT2D eigenvalue weighted by Crippen LogP contribution is -2.31. The maximum absolute atomic E-state index is 13.5. The summed E-state index contributed by atoms with van der Waals surface area (Å²) in [6.45, 7) is 4.36. The van der Waals surface area contributed by atoms with E-state index < -0.39 is 0 Å². The third-order valence-electron chi connectivity index (χ3n) is 8.09. The third kappa shape index (κ3) is 5.47. The topological polar surface area (TPSA) is 80.1 Å². The molecule has 42 heavy (non-hydrogen) atoms. The van der Waals surface area contributed by atoms with Gasteiger partial charge in [0.05, 0.1) is 22.6 Å². The standard InChI is InChI=1S/C31H31ClFN7OS/c1-34-22-9-10-39(15-22)11-12-40-16-24-26(38-40)7-6-23-28-30(35-18-36-31(28)42-29(23)24)37-21-5-8-27(25(32)14-21)41-17-19-3-2-4-20(33)13-19/h2-5,8,13-14,16,18,22,34H,6-7,9-12,15,17H2,1H3,(H,35,36,37). The molecular weight excluding hydrogens is 573 g/mol. The molecule has 11 heteroatoms. The molecule has 1 fully saturated rings. The number of ether oxygens (including phenoxy) is 1. The third-order valence-corrected chi connectivity index (χ3v) is 9.55. The Bertz CT molecular complexity index is 1750. The van der Waals surface area contributed by atoms with Crippen LogP contribution in [-0.2, 0) is 26.0 Å². The van der Waals surface area contributed by atoms with Crippen LogP contribution in [0.3, 0.4) is 0 Å². The normalized spacial score (nSPS) is 16.5. The van der Waals surface area contributed by atoms with Gasteiger partial charge in [-0.15, -0.1) is 11.3 Å². The van der Waals surface area contributed by atoms with Gasteiger partial charge in [0.2, 0.25) is 0 Å². The number of aromatic nitrogens is 4. The van der Waals surface area contributed by atoms with Crippen molar-refractivity contribution in [2.45, 2.75) is 38.5 Å². The van der Waals surface area contributed by atoms with Gasteiger partial charge >= 0.3 is 0 Å². The van der Waals surface area contributed by atoms with E-state index in [1.54, 1.807) is 23.7 Å². The maximum atomic E-state index is 13.5. The predicted octanol–water partition coefficient (Wildman–Crippen LogP) is 6.06. The Morgan fingerprint density at radius 1 is 1.14 bits per heavy atom. The summed E-state index contributed by atoms with van der Waals surface area (Å²) < 4.78 is 21.5. The lowest BCUT2D eigenvalue weighted by Gasteiger charge is -2.15. The van der Waals surface area contributed by atoms with Crippen molar-refractivity contribution in [1.29, 1.82) is 0 Å². The van der Waals surface area contributed by atoms with E-state index in [-0.39, 0.29) is 12.4 Å². The zero-order valence-electron chi connectivity index (χ0n) is 23.2. The van der Waals surface area contributed by atoms with Gasteiger partial charge in [0.15, 0.2) is 0 Å². The molecule has 1 aliphatic heterocycles. The second-order valence-electron chi connectivity index (χ2n) is 10.8. The highest BCUT2D eigenvalue weighted by molar-refractivity contribution is 7.22. The monoisotopic (exact) mass is 603 g/mol. The van der Waals surface area contributed by atoms with E-state index in [1.165, 1.54) is 34.6 Å². The van der Waals surface area contributed by atoms with Gasteiger partial charge in [-0.25, -0.2) is 14.4 Å². The molecule has 1 saturated heterocycles. The molecule has 7 rings (SSSR count). The van der Waals surface area contributed by atoms with Crippen molar-refractivity contribution in [3.8, 4) is 16.2 Å². The molecule has 8 nitrogen and oxygen atoms in total. The van der Waals surface area contributed by atoms with Crippen LogP contribution in [0, 0.1) is 5.82 Å². The van der Waals surface area contributed by atoms with Crippen molar-refractivity contribution in [2.24, 2.45) is 0 Å². The molecule has 2 aromatic carbocycles. The van der Waals surface area contributed by atoms with Gasteiger partial charge in [-0.2, -0.15) is 5.10 Å². The molecule has 0 radical (unpaired) electrons. The Morgan fingerprint density at radius 2 is 2.07 bits per heavy atom. The molecule has 5 aromatic rings. The van der Waals surface area contributed by atoms with Gasteiger partial charge in [-0.3, -0.25) is 9.58 Å². The molecule has 1 unspecified atom stereocenters. The summed E-state index contributed by atoms with van der Waals surface area (Å²) in [4.78, 5) is 13.9. The fourth-order valence-electron chi connectivity index (χ4n) is 5.87. The highest BCUT2D eigenvalue weighted by Crippen LogP contribution is 2.45. The summed E-state index contributed by atoms with van der Waals surface area (Å²) in [7, 11) is 2.04. The van der Waals surface area contributed by atoms with Crippen molar-refractivity contribution in [1.82, 2.24) is 30.0 Å². The van der Waals surface area contributed by atoms with E-state index in [0.717, 1.165) is 72.0 Å².